The molecule has 0 saturated carbocycles. The van der Waals surface area contributed by atoms with Crippen LogP contribution in [0.4, 0.5) is 10.1 Å². The molecule has 5 heteroatoms. The van der Waals surface area contributed by atoms with Gasteiger partial charge in [-0.3, -0.25) is 0 Å². The van der Waals surface area contributed by atoms with E-state index in [2.05, 4.69) is 37.2 Å². The first kappa shape index (κ1) is 15.3. The molecule has 0 aromatic heterocycles. The number of halogens is 3. The number of methoxy groups -OCH3 is 1. The number of hydrogen-bond donors (Lipinski definition) is 1. The maximum atomic E-state index is 13.1. The number of ether oxygens (including phenoxy) is 1. The van der Waals surface area contributed by atoms with E-state index in [1.807, 2.05) is 25.1 Å². The van der Waals surface area contributed by atoms with Crippen molar-refractivity contribution >= 4 is 37.5 Å². The van der Waals surface area contributed by atoms with Gasteiger partial charge in [-0.15, -0.1) is 0 Å². The summed E-state index contributed by atoms with van der Waals surface area (Å²) < 4.78 is 20.0. The quantitative estimate of drug-likeness (QED) is 0.725. The molecule has 0 aliphatic rings. The molecule has 0 radical (unpaired) electrons. The molecule has 0 spiro atoms. The summed E-state index contributed by atoms with van der Waals surface area (Å²) in [7, 11) is 1.63. The van der Waals surface area contributed by atoms with Gasteiger partial charge in [0, 0.05) is 26.7 Å². The lowest BCUT2D eigenvalue weighted by Gasteiger charge is -2.18. The summed E-state index contributed by atoms with van der Waals surface area (Å²) in [5.41, 5.74) is 1.92. The Hall–Kier alpha value is -1.07. The highest BCUT2D eigenvalue weighted by atomic mass is 79.9. The molecule has 0 aliphatic heterocycles. The number of benzene rings is 2. The van der Waals surface area contributed by atoms with E-state index in [4.69, 9.17) is 4.74 Å². The SMILES string of the molecule is COc1cc(Br)cc(NC(C)c2ccc(F)cc2Br)c1. The molecule has 1 atom stereocenters. The van der Waals surface area contributed by atoms with Gasteiger partial charge >= 0.3 is 0 Å². The normalized spacial score (nSPS) is 12.1. The first-order chi connectivity index (χ1) is 9.49. The van der Waals surface area contributed by atoms with Gasteiger partial charge in [-0.1, -0.05) is 37.9 Å². The molecule has 0 fully saturated rings. The van der Waals surface area contributed by atoms with E-state index in [0.29, 0.717) is 0 Å². The Kier molecular flexibility index (Phi) is 5.05. The van der Waals surface area contributed by atoms with Crippen LogP contribution in [-0.2, 0) is 0 Å². The van der Waals surface area contributed by atoms with Crippen molar-refractivity contribution in [1.29, 1.82) is 0 Å². The summed E-state index contributed by atoms with van der Waals surface area (Å²) in [6.45, 7) is 2.02. The van der Waals surface area contributed by atoms with Gasteiger partial charge in [-0.2, -0.15) is 0 Å². The average Bonchev–Trinajstić information content (AvgIpc) is 2.37. The Labute approximate surface area is 134 Å². The van der Waals surface area contributed by atoms with Gasteiger partial charge in [-0.25, -0.2) is 4.39 Å². The van der Waals surface area contributed by atoms with Crippen LogP contribution in [0.25, 0.3) is 0 Å². The van der Waals surface area contributed by atoms with Gasteiger partial charge < -0.3 is 10.1 Å². The maximum Gasteiger partial charge on any atom is 0.124 e. The Morgan fingerprint density at radius 3 is 2.55 bits per heavy atom. The Bertz CT molecular complexity index is 619. The van der Waals surface area contributed by atoms with Gasteiger partial charge in [0.05, 0.1) is 7.11 Å². The summed E-state index contributed by atoms with van der Waals surface area (Å²) in [6, 6.07) is 10.5. The van der Waals surface area contributed by atoms with E-state index in [1.165, 1.54) is 12.1 Å². The lowest BCUT2D eigenvalue weighted by Crippen LogP contribution is -2.07. The van der Waals surface area contributed by atoms with Gasteiger partial charge in [0.25, 0.3) is 0 Å². The zero-order chi connectivity index (χ0) is 14.7. The van der Waals surface area contributed by atoms with Crippen LogP contribution < -0.4 is 10.1 Å². The third-order valence-corrected chi connectivity index (χ3v) is 4.06. The molecule has 106 valence electrons. The third kappa shape index (κ3) is 3.73. The van der Waals surface area contributed by atoms with E-state index >= 15 is 0 Å². The molecule has 0 amide bonds. The predicted molar refractivity (Wildman–Crippen MR) is 86.8 cm³/mol. The highest BCUT2D eigenvalue weighted by Gasteiger charge is 2.11. The van der Waals surface area contributed by atoms with Gasteiger partial charge in [0.2, 0.25) is 0 Å². The fourth-order valence-corrected chi connectivity index (χ4v) is 3.11. The van der Waals surface area contributed by atoms with Crippen LogP contribution in [0.5, 0.6) is 5.75 Å². The molecule has 2 aromatic rings. The Morgan fingerprint density at radius 2 is 1.90 bits per heavy atom. The van der Waals surface area contributed by atoms with Crippen molar-refractivity contribution in [3.05, 3.63) is 56.7 Å². The van der Waals surface area contributed by atoms with E-state index in [-0.39, 0.29) is 11.9 Å². The standard InChI is InChI=1S/C15H14Br2FNO/c1-9(14-4-3-11(18)7-15(14)17)19-12-5-10(16)6-13(8-12)20-2/h3-9,19H,1-2H3. The van der Waals surface area contributed by atoms with Crippen LogP contribution in [0.3, 0.4) is 0 Å². The lowest BCUT2D eigenvalue weighted by molar-refractivity contribution is 0.414. The van der Waals surface area contributed by atoms with E-state index in [0.717, 1.165) is 25.9 Å². The van der Waals surface area contributed by atoms with Crippen LogP contribution in [-0.4, -0.2) is 7.11 Å². The minimum Gasteiger partial charge on any atom is -0.497 e. The Balaban J connectivity index is 2.22. The van der Waals surface area contributed by atoms with E-state index in [9.17, 15) is 4.39 Å². The van der Waals surface area contributed by atoms with Gasteiger partial charge in [-0.05, 0) is 36.8 Å². The zero-order valence-corrected chi connectivity index (χ0v) is 14.3. The number of hydrogen-bond acceptors (Lipinski definition) is 2. The molecule has 2 rings (SSSR count). The summed E-state index contributed by atoms with van der Waals surface area (Å²) in [5.74, 6) is 0.518. The lowest BCUT2D eigenvalue weighted by atomic mass is 10.1. The summed E-state index contributed by atoms with van der Waals surface area (Å²) >= 11 is 6.83. The monoisotopic (exact) mass is 401 g/mol. The van der Waals surface area contributed by atoms with Crippen molar-refractivity contribution in [2.75, 3.05) is 12.4 Å². The second kappa shape index (κ2) is 6.59. The summed E-state index contributed by atoms with van der Waals surface area (Å²) in [5, 5.41) is 3.37. The maximum absolute atomic E-state index is 13.1. The van der Waals surface area contributed by atoms with Crippen molar-refractivity contribution in [3.8, 4) is 5.75 Å². The molecular weight excluding hydrogens is 389 g/mol. The first-order valence-electron chi connectivity index (χ1n) is 6.05. The largest absolute Gasteiger partial charge is 0.497 e. The molecule has 0 bridgehead atoms. The Morgan fingerprint density at radius 1 is 1.15 bits per heavy atom. The average molecular weight is 403 g/mol. The number of nitrogens with one attached hydrogen (secondary N) is 1. The molecular formula is C15H14Br2FNO. The minimum atomic E-state index is -0.253. The molecule has 0 saturated heterocycles. The molecule has 20 heavy (non-hydrogen) atoms. The van der Waals surface area contributed by atoms with Gasteiger partial charge in [0.1, 0.15) is 11.6 Å². The zero-order valence-electron chi connectivity index (χ0n) is 11.1. The van der Waals surface area contributed by atoms with Crippen molar-refractivity contribution in [1.82, 2.24) is 0 Å². The van der Waals surface area contributed by atoms with Crippen LogP contribution in [0.1, 0.15) is 18.5 Å². The van der Waals surface area contributed by atoms with Crippen LogP contribution in [0.2, 0.25) is 0 Å². The van der Waals surface area contributed by atoms with Crippen molar-refractivity contribution in [3.63, 3.8) is 0 Å². The third-order valence-electron chi connectivity index (χ3n) is 2.92. The fraction of sp³-hybridized carbons (Fsp3) is 0.200. The predicted octanol–water partition coefficient (Wildman–Crippen LogP) is 5.53. The fourth-order valence-electron chi connectivity index (χ4n) is 1.94. The summed E-state index contributed by atoms with van der Waals surface area (Å²) in [4.78, 5) is 0. The van der Waals surface area contributed by atoms with Crippen LogP contribution in [0, 0.1) is 5.82 Å². The highest BCUT2D eigenvalue weighted by molar-refractivity contribution is 9.10. The van der Waals surface area contributed by atoms with Gasteiger partial charge in [0.15, 0.2) is 0 Å². The second-order valence-electron chi connectivity index (χ2n) is 4.41. The first-order valence-corrected chi connectivity index (χ1v) is 7.64. The minimum absolute atomic E-state index is 0.0315. The molecule has 2 aromatic carbocycles. The van der Waals surface area contributed by atoms with Crippen LogP contribution in [0.15, 0.2) is 45.3 Å². The topological polar surface area (TPSA) is 21.3 Å². The smallest absolute Gasteiger partial charge is 0.124 e. The number of rotatable bonds is 4. The molecule has 0 heterocycles. The highest BCUT2D eigenvalue weighted by Crippen LogP contribution is 2.30. The summed E-state index contributed by atoms with van der Waals surface area (Å²) in [6.07, 6.45) is 0. The second-order valence-corrected chi connectivity index (χ2v) is 6.18. The number of anilines is 1. The molecule has 2 nitrogen and oxygen atoms in total. The van der Waals surface area contributed by atoms with E-state index < -0.39 is 0 Å². The van der Waals surface area contributed by atoms with Crippen molar-refractivity contribution < 1.29 is 9.13 Å². The molecule has 1 N–H and O–H groups in total. The van der Waals surface area contributed by atoms with Crippen molar-refractivity contribution in [2.24, 2.45) is 0 Å². The molecule has 0 aliphatic carbocycles. The van der Waals surface area contributed by atoms with Crippen molar-refractivity contribution in [2.45, 2.75) is 13.0 Å². The van der Waals surface area contributed by atoms with E-state index in [1.54, 1.807) is 13.2 Å². The molecule has 1 unspecified atom stereocenters. The van der Waals surface area contributed by atoms with Crippen LogP contribution >= 0.6 is 31.9 Å².